The number of aryl methyl sites for hydroxylation is 2. The highest BCUT2D eigenvalue weighted by Gasteiger charge is 2.52. The maximum Gasteiger partial charge on any atom is 0.191 e. The minimum Gasteiger partial charge on any atom is -0.357 e. The van der Waals surface area contributed by atoms with Crippen molar-refractivity contribution in [1.29, 1.82) is 0 Å². The molecule has 0 spiro atoms. The molecule has 1 fully saturated rings. The molecule has 4 rings (SSSR count). The first-order valence-corrected chi connectivity index (χ1v) is 12.7. The lowest BCUT2D eigenvalue weighted by molar-refractivity contribution is 0.601. The third kappa shape index (κ3) is 5.42. The molecule has 0 bridgehead atoms. The summed E-state index contributed by atoms with van der Waals surface area (Å²) in [6.07, 6.45) is 3.73. The van der Waals surface area contributed by atoms with Gasteiger partial charge in [-0.1, -0.05) is 36.4 Å². The molecule has 168 valence electrons. The van der Waals surface area contributed by atoms with E-state index in [0.29, 0.717) is 23.3 Å². The van der Waals surface area contributed by atoms with E-state index < -0.39 is 9.84 Å². The molecule has 7 heteroatoms. The molecule has 2 aromatic carbocycles. The van der Waals surface area contributed by atoms with E-state index in [1.54, 1.807) is 11.6 Å². The third-order valence-corrected chi connectivity index (χ3v) is 7.66. The van der Waals surface area contributed by atoms with Gasteiger partial charge in [0.1, 0.15) is 0 Å². The molecule has 5 nitrogen and oxygen atoms in total. The molecule has 3 unspecified atom stereocenters. The second-order valence-corrected chi connectivity index (χ2v) is 10.5. The maximum atomic E-state index is 11.8. The van der Waals surface area contributed by atoms with Gasteiger partial charge < -0.3 is 10.6 Å². The predicted octanol–water partition coefficient (Wildman–Crippen LogP) is 4.05. The van der Waals surface area contributed by atoms with E-state index in [4.69, 9.17) is 4.99 Å². The number of nitrogens with zero attached hydrogens (tertiary/aromatic N) is 1. The summed E-state index contributed by atoms with van der Waals surface area (Å²) in [4.78, 5) is 5.11. The fourth-order valence-corrected chi connectivity index (χ4v) is 5.90. The summed E-state index contributed by atoms with van der Waals surface area (Å²) in [7, 11) is -3.19. The van der Waals surface area contributed by atoms with Crippen LogP contribution in [0.1, 0.15) is 41.5 Å². The second kappa shape index (κ2) is 9.90. The van der Waals surface area contributed by atoms with Gasteiger partial charge in [0.2, 0.25) is 0 Å². The van der Waals surface area contributed by atoms with Gasteiger partial charge in [0, 0.05) is 19.3 Å². The Hall–Kier alpha value is -1.61. The average Bonchev–Trinajstić information content (AvgIpc) is 3.43. The van der Waals surface area contributed by atoms with Gasteiger partial charge in [-0.3, -0.25) is 0 Å². The van der Waals surface area contributed by atoms with E-state index in [0.717, 1.165) is 36.1 Å². The van der Waals surface area contributed by atoms with Crippen molar-refractivity contribution < 1.29 is 8.42 Å². The topological polar surface area (TPSA) is 70.6 Å². The van der Waals surface area contributed by atoms with Gasteiger partial charge in [-0.05, 0) is 72.8 Å². The zero-order chi connectivity index (χ0) is 21.3. The first-order chi connectivity index (χ1) is 14.4. The highest BCUT2D eigenvalue weighted by molar-refractivity contribution is 14.0. The molecule has 2 N–H and O–H groups in total. The number of benzene rings is 2. The molecule has 2 aliphatic rings. The molecular formula is C24H32IN3O2S. The summed E-state index contributed by atoms with van der Waals surface area (Å²) < 4.78 is 23.6. The summed E-state index contributed by atoms with van der Waals surface area (Å²) in [5.41, 5.74) is 4.84. The first kappa shape index (κ1) is 24.0. The van der Waals surface area contributed by atoms with Crippen molar-refractivity contribution in [3.8, 4) is 0 Å². The molecule has 31 heavy (non-hydrogen) atoms. The Morgan fingerprint density at radius 3 is 2.65 bits per heavy atom. The first-order valence-electron chi connectivity index (χ1n) is 10.8. The van der Waals surface area contributed by atoms with Crippen molar-refractivity contribution in [2.45, 2.75) is 44.0 Å². The minimum absolute atomic E-state index is 0. The number of hydrogen-bond donors (Lipinski definition) is 2. The largest absolute Gasteiger partial charge is 0.357 e. The Morgan fingerprint density at radius 1 is 1.16 bits per heavy atom. The number of fused-ring (bicyclic) bond motifs is 3. The molecule has 0 aliphatic heterocycles. The number of hydrogen-bond acceptors (Lipinski definition) is 3. The lowest BCUT2D eigenvalue weighted by Gasteiger charge is -2.13. The highest BCUT2D eigenvalue weighted by atomic mass is 127. The van der Waals surface area contributed by atoms with Crippen molar-refractivity contribution in [3.63, 3.8) is 0 Å². The van der Waals surface area contributed by atoms with E-state index in [-0.39, 0.29) is 24.0 Å². The van der Waals surface area contributed by atoms with Gasteiger partial charge >= 0.3 is 0 Å². The smallest absolute Gasteiger partial charge is 0.191 e. The van der Waals surface area contributed by atoms with Crippen LogP contribution in [0.15, 0.2) is 52.4 Å². The van der Waals surface area contributed by atoms with Gasteiger partial charge in [-0.25, -0.2) is 13.4 Å². The van der Waals surface area contributed by atoms with Crippen LogP contribution in [0.3, 0.4) is 0 Å². The van der Waals surface area contributed by atoms with Crippen LogP contribution in [0.25, 0.3) is 0 Å². The second-order valence-electron chi connectivity index (χ2n) is 8.54. The summed E-state index contributed by atoms with van der Waals surface area (Å²) in [5.74, 6) is 2.98. The zero-order valence-corrected chi connectivity index (χ0v) is 21.5. The number of sulfone groups is 1. The van der Waals surface area contributed by atoms with E-state index in [9.17, 15) is 8.42 Å². The van der Waals surface area contributed by atoms with Gasteiger partial charge in [-0.15, -0.1) is 24.0 Å². The van der Waals surface area contributed by atoms with Crippen LogP contribution in [0.5, 0.6) is 0 Å². The van der Waals surface area contributed by atoms with Crippen LogP contribution >= 0.6 is 24.0 Å². The standard InChI is InChI=1S/C24H31N3O2S.HI/c1-4-25-24(26-14-17-9-12-22(16(2)13-17)30(3,28)29)27-15-21-20-11-10-18-7-5-6-8-19(18)23(20)21;/h5-9,12-13,20-21,23H,4,10-11,14-15H2,1-3H3,(H2,25,26,27);1H. The molecule has 0 saturated heterocycles. The molecule has 2 aromatic rings. The van der Waals surface area contributed by atoms with Crippen LogP contribution in [0, 0.1) is 18.8 Å². The summed E-state index contributed by atoms with van der Waals surface area (Å²) in [5, 5.41) is 6.86. The molecule has 0 amide bonds. The van der Waals surface area contributed by atoms with E-state index in [1.807, 2.05) is 19.1 Å². The van der Waals surface area contributed by atoms with Crippen LogP contribution in [-0.2, 0) is 22.8 Å². The lowest BCUT2D eigenvalue weighted by atomic mass is 9.92. The normalized spacial score (nSPS) is 22.0. The molecule has 3 atom stereocenters. The Kier molecular flexibility index (Phi) is 7.68. The van der Waals surface area contributed by atoms with E-state index in [2.05, 4.69) is 41.8 Å². The SMILES string of the molecule is CCNC(=NCc1ccc(S(C)(=O)=O)c(C)c1)NCC1C2CCc3ccccc3C21.I. The number of nitrogens with one attached hydrogen (secondary N) is 2. The highest BCUT2D eigenvalue weighted by Crippen LogP contribution is 2.59. The van der Waals surface area contributed by atoms with Gasteiger partial charge in [-0.2, -0.15) is 0 Å². The van der Waals surface area contributed by atoms with Gasteiger partial charge in [0.05, 0.1) is 11.4 Å². The molecule has 0 aromatic heterocycles. The summed E-state index contributed by atoms with van der Waals surface area (Å²) >= 11 is 0. The molecule has 0 radical (unpaired) electrons. The zero-order valence-electron chi connectivity index (χ0n) is 18.4. The van der Waals surface area contributed by atoms with Crippen molar-refractivity contribution >= 4 is 39.8 Å². The summed E-state index contributed by atoms with van der Waals surface area (Å²) in [6.45, 7) is 6.15. The van der Waals surface area contributed by atoms with Gasteiger partial charge in [0.15, 0.2) is 15.8 Å². The minimum atomic E-state index is -3.19. The van der Waals surface area contributed by atoms with E-state index in [1.165, 1.54) is 24.7 Å². The number of halogens is 1. The Morgan fingerprint density at radius 2 is 1.94 bits per heavy atom. The maximum absolute atomic E-state index is 11.8. The van der Waals surface area contributed by atoms with Gasteiger partial charge in [0.25, 0.3) is 0 Å². The molecule has 2 aliphatic carbocycles. The molecule has 0 heterocycles. The van der Waals surface area contributed by atoms with Crippen molar-refractivity contribution in [2.24, 2.45) is 16.8 Å². The van der Waals surface area contributed by atoms with Crippen molar-refractivity contribution in [1.82, 2.24) is 10.6 Å². The van der Waals surface area contributed by atoms with Crippen LogP contribution < -0.4 is 10.6 Å². The van der Waals surface area contributed by atoms with Crippen molar-refractivity contribution in [3.05, 3.63) is 64.7 Å². The Balaban J connectivity index is 0.00000272. The fourth-order valence-electron chi connectivity index (χ4n) is 4.94. The number of aliphatic imine (C=N–C) groups is 1. The quantitative estimate of drug-likeness (QED) is 0.322. The van der Waals surface area contributed by atoms with Crippen LogP contribution in [0.2, 0.25) is 0 Å². The number of rotatable bonds is 6. The van der Waals surface area contributed by atoms with Crippen LogP contribution in [-0.4, -0.2) is 33.7 Å². The Labute approximate surface area is 203 Å². The lowest BCUT2D eigenvalue weighted by Crippen LogP contribution is -2.38. The monoisotopic (exact) mass is 553 g/mol. The summed E-state index contributed by atoms with van der Waals surface area (Å²) in [6, 6.07) is 14.3. The van der Waals surface area contributed by atoms with E-state index >= 15 is 0 Å². The molecule has 1 saturated carbocycles. The number of guanidine groups is 1. The Bertz CT molecular complexity index is 1070. The average molecular weight is 554 g/mol. The fraction of sp³-hybridized carbons (Fsp3) is 0.458. The predicted molar refractivity (Wildman–Crippen MR) is 137 cm³/mol. The van der Waals surface area contributed by atoms with Crippen LogP contribution in [0.4, 0.5) is 0 Å². The third-order valence-electron chi connectivity index (χ3n) is 6.40. The molecular weight excluding hydrogens is 521 g/mol. The van der Waals surface area contributed by atoms with Crippen molar-refractivity contribution in [2.75, 3.05) is 19.3 Å².